The van der Waals surface area contributed by atoms with Crippen molar-refractivity contribution >= 4 is 5.52 Å². The first-order chi connectivity index (χ1) is 8.25. The van der Waals surface area contributed by atoms with Crippen molar-refractivity contribution in [2.45, 2.75) is 13.8 Å². The summed E-state index contributed by atoms with van der Waals surface area (Å²) >= 11 is 0. The fourth-order valence-electron chi connectivity index (χ4n) is 2.14. The standard InChI is InChI=1S/C15H14N2/c1-11-5-7-13(8-6-11)15-12(2)17-9-3-4-14(17)10-16-15/h3-10H,1-2H3. The molecule has 0 aliphatic rings. The molecule has 0 fully saturated rings. The molecule has 0 saturated carbocycles. The van der Waals surface area contributed by atoms with Gasteiger partial charge in [0.25, 0.3) is 0 Å². The average Bonchev–Trinajstić information content (AvgIpc) is 2.80. The molecule has 1 aromatic carbocycles. The van der Waals surface area contributed by atoms with E-state index in [4.69, 9.17) is 0 Å². The van der Waals surface area contributed by atoms with Gasteiger partial charge in [-0.2, -0.15) is 0 Å². The van der Waals surface area contributed by atoms with E-state index >= 15 is 0 Å². The molecule has 0 atom stereocenters. The van der Waals surface area contributed by atoms with Gasteiger partial charge in [0.15, 0.2) is 0 Å². The maximum Gasteiger partial charge on any atom is 0.0898 e. The van der Waals surface area contributed by atoms with E-state index in [9.17, 15) is 0 Å². The third kappa shape index (κ3) is 1.62. The van der Waals surface area contributed by atoms with Crippen molar-refractivity contribution < 1.29 is 0 Å². The molecular formula is C15H14N2. The van der Waals surface area contributed by atoms with Crippen LogP contribution in [0.5, 0.6) is 0 Å². The largest absolute Gasteiger partial charge is 0.317 e. The molecule has 0 bridgehead atoms. The number of hydrogen-bond acceptors (Lipinski definition) is 1. The Morgan fingerprint density at radius 2 is 1.76 bits per heavy atom. The summed E-state index contributed by atoms with van der Waals surface area (Å²) in [6.45, 7) is 4.20. The molecule has 0 spiro atoms. The van der Waals surface area contributed by atoms with Gasteiger partial charge in [-0.15, -0.1) is 0 Å². The van der Waals surface area contributed by atoms with E-state index in [1.54, 1.807) is 0 Å². The Bertz CT molecular complexity index is 663. The molecule has 2 heterocycles. The maximum atomic E-state index is 4.56. The summed E-state index contributed by atoms with van der Waals surface area (Å²) in [4.78, 5) is 4.56. The topological polar surface area (TPSA) is 17.3 Å². The summed E-state index contributed by atoms with van der Waals surface area (Å²) < 4.78 is 2.17. The molecule has 84 valence electrons. The van der Waals surface area contributed by atoms with Gasteiger partial charge in [0.2, 0.25) is 0 Å². The quantitative estimate of drug-likeness (QED) is 0.614. The zero-order chi connectivity index (χ0) is 11.8. The Morgan fingerprint density at radius 3 is 2.53 bits per heavy atom. The molecule has 17 heavy (non-hydrogen) atoms. The first kappa shape index (κ1) is 10.1. The first-order valence-corrected chi connectivity index (χ1v) is 5.75. The molecule has 3 rings (SSSR count). The molecule has 2 aromatic heterocycles. The number of nitrogens with zero attached hydrogens (tertiary/aromatic N) is 2. The van der Waals surface area contributed by atoms with Gasteiger partial charge in [-0.05, 0) is 26.0 Å². The smallest absolute Gasteiger partial charge is 0.0898 e. The number of benzene rings is 1. The summed E-state index contributed by atoms with van der Waals surface area (Å²) in [6.07, 6.45) is 3.99. The summed E-state index contributed by atoms with van der Waals surface area (Å²) in [5.41, 5.74) is 5.81. The second kappa shape index (κ2) is 3.74. The molecular weight excluding hydrogens is 208 g/mol. The number of hydrogen-bond donors (Lipinski definition) is 0. The predicted molar refractivity (Wildman–Crippen MR) is 70.1 cm³/mol. The van der Waals surface area contributed by atoms with E-state index in [-0.39, 0.29) is 0 Å². The lowest BCUT2D eigenvalue weighted by Crippen LogP contribution is -1.96. The SMILES string of the molecule is Cc1ccc(-c2ncc3cccn3c2C)cc1. The number of aromatic nitrogens is 2. The van der Waals surface area contributed by atoms with Crippen LogP contribution in [0, 0.1) is 13.8 Å². The second-order valence-electron chi connectivity index (χ2n) is 4.36. The van der Waals surface area contributed by atoms with Gasteiger partial charge in [-0.25, -0.2) is 0 Å². The van der Waals surface area contributed by atoms with Crippen LogP contribution in [0.25, 0.3) is 16.8 Å². The van der Waals surface area contributed by atoms with Crippen LogP contribution in [0.4, 0.5) is 0 Å². The van der Waals surface area contributed by atoms with Crippen LogP contribution in [0.2, 0.25) is 0 Å². The zero-order valence-corrected chi connectivity index (χ0v) is 10.0. The van der Waals surface area contributed by atoms with E-state index in [1.807, 2.05) is 12.3 Å². The van der Waals surface area contributed by atoms with Crippen molar-refractivity contribution in [3.63, 3.8) is 0 Å². The van der Waals surface area contributed by atoms with Crippen molar-refractivity contribution in [3.05, 3.63) is 60.0 Å². The van der Waals surface area contributed by atoms with Crippen molar-refractivity contribution in [2.75, 3.05) is 0 Å². The molecule has 2 heteroatoms. The van der Waals surface area contributed by atoms with E-state index in [2.05, 4.69) is 59.8 Å². The van der Waals surface area contributed by atoms with Crippen LogP contribution in [-0.2, 0) is 0 Å². The van der Waals surface area contributed by atoms with Crippen LogP contribution in [-0.4, -0.2) is 9.38 Å². The van der Waals surface area contributed by atoms with Gasteiger partial charge in [0, 0.05) is 17.5 Å². The number of aryl methyl sites for hydroxylation is 2. The van der Waals surface area contributed by atoms with Crippen LogP contribution in [0.1, 0.15) is 11.3 Å². The van der Waals surface area contributed by atoms with Crippen LogP contribution < -0.4 is 0 Å². The van der Waals surface area contributed by atoms with Crippen molar-refractivity contribution in [1.29, 1.82) is 0 Å². The van der Waals surface area contributed by atoms with Crippen LogP contribution >= 0.6 is 0 Å². The van der Waals surface area contributed by atoms with Crippen LogP contribution in [0.3, 0.4) is 0 Å². The minimum atomic E-state index is 1.05. The van der Waals surface area contributed by atoms with Crippen LogP contribution in [0.15, 0.2) is 48.8 Å². The second-order valence-corrected chi connectivity index (χ2v) is 4.36. The highest BCUT2D eigenvalue weighted by atomic mass is 14.9. The minimum absolute atomic E-state index is 1.05. The summed E-state index contributed by atoms with van der Waals surface area (Å²) in [6, 6.07) is 12.6. The van der Waals surface area contributed by atoms with Crippen molar-refractivity contribution in [3.8, 4) is 11.3 Å². The lowest BCUT2D eigenvalue weighted by Gasteiger charge is -2.08. The minimum Gasteiger partial charge on any atom is -0.317 e. The molecule has 0 radical (unpaired) electrons. The van der Waals surface area contributed by atoms with Gasteiger partial charge >= 0.3 is 0 Å². The van der Waals surface area contributed by atoms with Gasteiger partial charge in [0.05, 0.1) is 17.4 Å². The van der Waals surface area contributed by atoms with E-state index in [0.29, 0.717) is 0 Å². The Morgan fingerprint density at radius 1 is 1.00 bits per heavy atom. The molecule has 0 aliphatic carbocycles. The summed E-state index contributed by atoms with van der Waals surface area (Å²) in [5, 5.41) is 0. The fraction of sp³-hybridized carbons (Fsp3) is 0.133. The average molecular weight is 222 g/mol. The highest BCUT2D eigenvalue weighted by Crippen LogP contribution is 2.22. The summed E-state index contributed by atoms with van der Waals surface area (Å²) in [7, 11) is 0. The predicted octanol–water partition coefficient (Wildman–Crippen LogP) is 3.62. The fourth-order valence-corrected chi connectivity index (χ4v) is 2.14. The third-order valence-electron chi connectivity index (χ3n) is 3.14. The highest BCUT2D eigenvalue weighted by Gasteiger charge is 2.06. The Kier molecular flexibility index (Phi) is 2.22. The van der Waals surface area contributed by atoms with Gasteiger partial charge in [-0.1, -0.05) is 29.8 Å². The molecule has 0 unspecified atom stereocenters. The van der Waals surface area contributed by atoms with E-state index in [1.165, 1.54) is 16.8 Å². The summed E-state index contributed by atoms with van der Waals surface area (Å²) in [5.74, 6) is 0. The first-order valence-electron chi connectivity index (χ1n) is 5.75. The van der Waals surface area contributed by atoms with E-state index in [0.717, 1.165) is 11.2 Å². The lowest BCUT2D eigenvalue weighted by atomic mass is 10.1. The van der Waals surface area contributed by atoms with Gasteiger partial charge in [-0.3, -0.25) is 4.98 Å². The van der Waals surface area contributed by atoms with Crippen molar-refractivity contribution in [1.82, 2.24) is 9.38 Å². The highest BCUT2D eigenvalue weighted by molar-refractivity contribution is 5.64. The van der Waals surface area contributed by atoms with Gasteiger partial charge in [0.1, 0.15) is 0 Å². The molecule has 2 nitrogen and oxygen atoms in total. The van der Waals surface area contributed by atoms with Crippen molar-refractivity contribution in [2.24, 2.45) is 0 Å². The molecule has 0 saturated heterocycles. The zero-order valence-electron chi connectivity index (χ0n) is 10.0. The molecule has 0 N–H and O–H groups in total. The number of fused-ring (bicyclic) bond motifs is 1. The lowest BCUT2D eigenvalue weighted by molar-refractivity contribution is 1.06. The Balaban J connectivity index is 2.23. The molecule has 0 amide bonds. The Hall–Kier alpha value is -2.09. The monoisotopic (exact) mass is 222 g/mol. The number of rotatable bonds is 1. The normalized spacial score (nSPS) is 10.9. The third-order valence-corrected chi connectivity index (χ3v) is 3.14. The maximum absolute atomic E-state index is 4.56. The molecule has 3 aromatic rings. The van der Waals surface area contributed by atoms with Gasteiger partial charge < -0.3 is 4.40 Å². The molecule has 0 aliphatic heterocycles. The van der Waals surface area contributed by atoms with E-state index < -0.39 is 0 Å². The Labute approximate surface area is 101 Å².